The van der Waals surface area contributed by atoms with Gasteiger partial charge in [0.05, 0.1) is 6.10 Å². The van der Waals surface area contributed by atoms with E-state index in [0.29, 0.717) is 5.41 Å². The molecule has 0 aliphatic carbocycles. The van der Waals surface area contributed by atoms with Gasteiger partial charge in [0.1, 0.15) is 5.82 Å². The molecule has 2 unspecified atom stereocenters. The summed E-state index contributed by atoms with van der Waals surface area (Å²) in [5, 5.41) is 9.70. The van der Waals surface area contributed by atoms with Crippen molar-refractivity contribution in [3.05, 3.63) is 23.9 Å². The molecule has 2 atom stereocenters. The Hall–Kier alpha value is -1.09. The van der Waals surface area contributed by atoms with Gasteiger partial charge in [-0.05, 0) is 55.2 Å². The zero-order valence-corrected chi connectivity index (χ0v) is 13.3. The Morgan fingerprint density at radius 2 is 2.05 bits per heavy atom. The van der Waals surface area contributed by atoms with Crippen molar-refractivity contribution in [3.8, 4) is 0 Å². The minimum atomic E-state index is -0.425. The van der Waals surface area contributed by atoms with Crippen LogP contribution in [0, 0.1) is 11.3 Å². The van der Waals surface area contributed by atoms with Crippen molar-refractivity contribution in [2.75, 3.05) is 18.0 Å². The lowest BCUT2D eigenvalue weighted by atomic mass is 9.77. The number of hydrogen-bond acceptors (Lipinski definition) is 3. The summed E-state index contributed by atoms with van der Waals surface area (Å²) in [4.78, 5) is 6.86. The molecule has 0 spiro atoms. The summed E-state index contributed by atoms with van der Waals surface area (Å²) in [5.41, 5.74) is 1.34. The number of aliphatic hydroxyl groups is 1. The van der Waals surface area contributed by atoms with Crippen LogP contribution in [0.25, 0.3) is 0 Å². The van der Waals surface area contributed by atoms with Crippen molar-refractivity contribution < 1.29 is 5.11 Å². The molecular formula is C17H28N2O. The smallest absolute Gasteiger partial charge is 0.128 e. The van der Waals surface area contributed by atoms with E-state index in [1.165, 1.54) is 19.3 Å². The number of aliphatic hydroxyl groups excluding tert-OH is 1. The molecule has 1 fully saturated rings. The van der Waals surface area contributed by atoms with Crippen molar-refractivity contribution in [2.24, 2.45) is 11.3 Å². The average Bonchev–Trinajstić information content (AvgIpc) is 2.64. The molecule has 3 heteroatoms. The summed E-state index contributed by atoms with van der Waals surface area (Å²) in [7, 11) is 0. The molecule has 20 heavy (non-hydrogen) atoms. The number of nitrogens with zero attached hydrogens (tertiary/aromatic N) is 2. The van der Waals surface area contributed by atoms with Crippen LogP contribution in [0.4, 0.5) is 5.82 Å². The maximum atomic E-state index is 9.70. The fourth-order valence-corrected chi connectivity index (χ4v) is 3.06. The van der Waals surface area contributed by atoms with Gasteiger partial charge in [-0.3, -0.25) is 0 Å². The quantitative estimate of drug-likeness (QED) is 0.893. The minimum absolute atomic E-state index is 0.394. The number of pyridine rings is 1. The van der Waals surface area contributed by atoms with Crippen LogP contribution in [0.2, 0.25) is 0 Å². The second-order valence-electron chi connectivity index (χ2n) is 7.10. The second-order valence-corrected chi connectivity index (χ2v) is 7.10. The van der Waals surface area contributed by atoms with E-state index in [1.54, 1.807) is 6.92 Å². The molecule has 1 N–H and O–H groups in total. The van der Waals surface area contributed by atoms with E-state index >= 15 is 0 Å². The van der Waals surface area contributed by atoms with E-state index in [9.17, 15) is 5.11 Å². The highest BCUT2D eigenvalue weighted by atomic mass is 16.3. The molecule has 2 rings (SSSR count). The Bertz CT molecular complexity index is 437. The predicted octanol–water partition coefficient (Wildman–Crippen LogP) is 3.79. The third-order valence-electron chi connectivity index (χ3n) is 4.53. The molecule has 1 saturated heterocycles. The lowest BCUT2D eigenvalue weighted by Crippen LogP contribution is -2.26. The number of hydrogen-bond donors (Lipinski definition) is 1. The molecule has 1 aromatic heterocycles. The Kier molecular flexibility index (Phi) is 4.69. The van der Waals surface area contributed by atoms with Crippen molar-refractivity contribution in [1.29, 1.82) is 0 Å². The molecule has 0 aromatic carbocycles. The molecule has 3 nitrogen and oxygen atoms in total. The number of anilines is 1. The lowest BCUT2D eigenvalue weighted by Gasteiger charge is -2.30. The standard InChI is InChI=1S/C17H28N2O/c1-13(20)14-7-9-18-16(12-14)19-10-5-6-15(8-11-19)17(2,3)4/h7,9,12-13,15,20H,5-6,8,10-11H2,1-4H3. The van der Waals surface area contributed by atoms with E-state index in [0.717, 1.165) is 30.4 Å². The second kappa shape index (κ2) is 6.13. The first-order valence-electron chi connectivity index (χ1n) is 7.77. The van der Waals surface area contributed by atoms with Gasteiger partial charge in [-0.15, -0.1) is 0 Å². The summed E-state index contributed by atoms with van der Waals surface area (Å²) in [6.45, 7) is 11.0. The Morgan fingerprint density at radius 1 is 1.30 bits per heavy atom. The highest BCUT2D eigenvalue weighted by Gasteiger charge is 2.27. The van der Waals surface area contributed by atoms with Gasteiger partial charge < -0.3 is 10.0 Å². The molecule has 0 radical (unpaired) electrons. The molecule has 0 amide bonds. The van der Waals surface area contributed by atoms with Gasteiger partial charge in [0.25, 0.3) is 0 Å². The van der Waals surface area contributed by atoms with Crippen LogP contribution in [0.5, 0.6) is 0 Å². The van der Waals surface area contributed by atoms with Crippen LogP contribution in [-0.4, -0.2) is 23.2 Å². The highest BCUT2D eigenvalue weighted by molar-refractivity contribution is 5.41. The van der Waals surface area contributed by atoms with Crippen LogP contribution in [0.15, 0.2) is 18.3 Å². The summed E-state index contributed by atoms with van der Waals surface area (Å²) in [6.07, 6.45) is 5.14. The summed E-state index contributed by atoms with van der Waals surface area (Å²) in [6, 6.07) is 3.92. The Labute approximate surface area is 123 Å². The zero-order valence-electron chi connectivity index (χ0n) is 13.3. The fourth-order valence-electron chi connectivity index (χ4n) is 3.06. The van der Waals surface area contributed by atoms with E-state index in [2.05, 4.69) is 30.7 Å². The van der Waals surface area contributed by atoms with Crippen molar-refractivity contribution in [2.45, 2.75) is 53.1 Å². The van der Waals surface area contributed by atoms with Crippen LogP contribution in [0.3, 0.4) is 0 Å². The maximum Gasteiger partial charge on any atom is 0.128 e. The van der Waals surface area contributed by atoms with Gasteiger partial charge in [-0.1, -0.05) is 20.8 Å². The lowest BCUT2D eigenvalue weighted by molar-refractivity contribution is 0.199. The topological polar surface area (TPSA) is 36.4 Å². The van der Waals surface area contributed by atoms with Crippen LogP contribution in [-0.2, 0) is 0 Å². The zero-order chi connectivity index (χ0) is 14.8. The van der Waals surface area contributed by atoms with Gasteiger partial charge in [-0.25, -0.2) is 4.98 Å². The van der Waals surface area contributed by atoms with Gasteiger partial charge in [0.2, 0.25) is 0 Å². The van der Waals surface area contributed by atoms with Gasteiger partial charge in [0, 0.05) is 19.3 Å². The Morgan fingerprint density at radius 3 is 2.70 bits per heavy atom. The first-order chi connectivity index (χ1) is 9.38. The molecule has 0 saturated carbocycles. The average molecular weight is 276 g/mol. The monoisotopic (exact) mass is 276 g/mol. The summed E-state index contributed by atoms with van der Waals surface area (Å²) < 4.78 is 0. The van der Waals surface area contributed by atoms with Crippen LogP contribution >= 0.6 is 0 Å². The first-order valence-corrected chi connectivity index (χ1v) is 7.77. The highest BCUT2D eigenvalue weighted by Crippen LogP contribution is 2.35. The van der Waals surface area contributed by atoms with Crippen molar-refractivity contribution in [1.82, 2.24) is 4.98 Å². The summed E-state index contributed by atoms with van der Waals surface area (Å²) >= 11 is 0. The third kappa shape index (κ3) is 3.72. The molecule has 0 bridgehead atoms. The normalized spacial score (nSPS) is 22.4. The van der Waals surface area contributed by atoms with Gasteiger partial charge in [0.15, 0.2) is 0 Å². The molecule has 1 aromatic rings. The van der Waals surface area contributed by atoms with E-state index in [1.807, 2.05) is 18.3 Å². The largest absolute Gasteiger partial charge is 0.389 e. The SMILES string of the molecule is CC(O)c1ccnc(N2CCCC(C(C)(C)C)CC2)c1. The number of aromatic nitrogens is 1. The molecule has 1 aliphatic rings. The maximum absolute atomic E-state index is 9.70. The van der Waals surface area contributed by atoms with E-state index in [-0.39, 0.29) is 0 Å². The van der Waals surface area contributed by atoms with Crippen molar-refractivity contribution in [3.63, 3.8) is 0 Å². The predicted molar refractivity (Wildman–Crippen MR) is 83.9 cm³/mol. The summed E-state index contributed by atoms with van der Waals surface area (Å²) in [5.74, 6) is 1.80. The molecule has 112 valence electrons. The van der Waals surface area contributed by atoms with Crippen LogP contribution < -0.4 is 4.90 Å². The number of rotatable bonds is 2. The Balaban J connectivity index is 2.09. The van der Waals surface area contributed by atoms with E-state index in [4.69, 9.17) is 0 Å². The minimum Gasteiger partial charge on any atom is -0.389 e. The van der Waals surface area contributed by atoms with E-state index < -0.39 is 6.10 Å². The van der Waals surface area contributed by atoms with Crippen molar-refractivity contribution >= 4 is 5.82 Å². The fraction of sp³-hybridized carbons (Fsp3) is 0.706. The van der Waals surface area contributed by atoms with Crippen LogP contribution in [0.1, 0.15) is 58.6 Å². The third-order valence-corrected chi connectivity index (χ3v) is 4.53. The molecular weight excluding hydrogens is 248 g/mol. The first kappa shape index (κ1) is 15.3. The molecule has 1 aliphatic heterocycles. The van der Waals surface area contributed by atoms with Gasteiger partial charge >= 0.3 is 0 Å². The molecule has 2 heterocycles. The van der Waals surface area contributed by atoms with Gasteiger partial charge in [-0.2, -0.15) is 0 Å².